The van der Waals surface area contributed by atoms with E-state index in [9.17, 15) is 9.59 Å². The zero-order valence-corrected chi connectivity index (χ0v) is 10.7. The molecule has 1 amide bonds. The third kappa shape index (κ3) is 3.14. The average Bonchev–Trinajstić information content (AvgIpc) is 2.56. The fourth-order valence-corrected chi connectivity index (χ4v) is 1.56. The Bertz CT molecular complexity index is 532. The first-order valence-electron chi connectivity index (χ1n) is 5.60. The number of aromatic amines is 1. The highest BCUT2D eigenvalue weighted by atomic mass is 16.5. The third-order valence-corrected chi connectivity index (χ3v) is 2.39. The molecule has 1 heterocycles. The highest BCUT2D eigenvalue weighted by Gasteiger charge is 2.16. The van der Waals surface area contributed by atoms with E-state index in [0.29, 0.717) is 17.9 Å². The van der Waals surface area contributed by atoms with E-state index in [1.54, 1.807) is 13.8 Å². The van der Waals surface area contributed by atoms with E-state index in [4.69, 9.17) is 10.5 Å². The number of amides is 1. The Hall–Kier alpha value is -2.22. The van der Waals surface area contributed by atoms with Gasteiger partial charge >= 0.3 is 5.97 Å². The Morgan fingerprint density at radius 3 is 2.61 bits per heavy atom. The maximum absolute atomic E-state index is 11.6. The molecular formula is C13H16N2O3. The SMILES string of the molecule is CCOC(=O)c1[nH]c(C)c(C#CCC(N)=O)c1C. The van der Waals surface area contributed by atoms with E-state index in [-0.39, 0.29) is 6.42 Å². The Morgan fingerprint density at radius 1 is 1.39 bits per heavy atom. The Balaban J connectivity index is 3.03. The molecule has 3 N–H and O–H groups in total. The number of hydrogen-bond donors (Lipinski definition) is 2. The molecule has 1 rings (SSSR count). The summed E-state index contributed by atoms with van der Waals surface area (Å²) in [6, 6.07) is 0. The molecule has 0 radical (unpaired) electrons. The van der Waals surface area contributed by atoms with Gasteiger partial charge in [0.1, 0.15) is 5.69 Å². The molecule has 18 heavy (non-hydrogen) atoms. The number of carbonyl (C=O) groups excluding carboxylic acids is 2. The van der Waals surface area contributed by atoms with Crippen molar-refractivity contribution in [2.45, 2.75) is 27.2 Å². The molecule has 5 heteroatoms. The smallest absolute Gasteiger partial charge is 0.355 e. The van der Waals surface area contributed by atoms with Crippen molar-refractivity contribution < 1.29 is 14.3 Å². The van der Waals surface area contributed by atoms with Crippen molar-refractivity contribution in [3.63, 3.8) is 0 Å². The summed E-state index contributed by atoms with van der Waals surface area (Å²) in [4.78, 5) is 25.2. The number of primary amides is 1. The maximum atomic E-state index is 11.6. The lowest BCUT2D eigenvalue weighted by Crippen LogP contribution is -2.08. The van der Waals surface area contributed by atoms with Crippen LogP contribution in [0.1, 0.15) is 40.7 Å². The molecule has 0 aromatic carbocycles. The summed E-state index contributed by atoms with van der Waals surface area (Å²) in [5, 5.41) is 0. The van der Waals surface area contributed by atoms with Crippen molar-refractivity contribution in [3.8, 4) is 11.8 Å². The lowest BCUT2D eigenvalue weighted by atomic mass is 10.1. The molecule has 0 aliphatic heterocycles. The molecule has 0 aliphatic carbocycles. The van der Waals surface area contributed by atoms with E-state index in [2.05, 4.69) is 16.8 Å². The van der Waals surface area contributed by atoms with Gasteiger partial charge in [-0.1, -0.05) is 11.8 Å². The zero-order valence-electron chi connectivity index (χ0n) is 10.7. The van der Waals surface area contributed by atoms with Crippen LogP contribution in [-0.2, 0) is 9.53 Å². The van der Waals surface area contributed by atoms with E-state index >= 15 is 0 Å². The fraction of sp³-hybridized carbons (Fsp3) is 0.385. The first-order chi connectivity index (χ1) is 8.47. The number of ether oxygens (including phenoxy) is 1. The minimum Gasteiger partial charge on any atom is -0.461 e. The second kappa shape index (κ2) is 5.92. The van der Waals surface area contributed by atoms with Crippen molar-refractivity contribution in [1.29, 1.82) is 0 Å². The number of nitrogens with one attached hydrogen (secondary N) is 1. The zero-order chi connectivity index (χ0) is 13.7. The summed E-state index contributed by atoms with van der Waals surface area (Å²) in [6.07, 6.45) is -0.00119. The van der Waals surface area contributed by atoms with E-state index in [0.717, 1.165) is 11.3 Å². The summed E-state index contributed by atoms with van der Waals surface area (Å²) in [5.74, 6) is 4.64. The number of hydrogen-bond acceptors (Lipinski definition) is 3. The van der Waals surface area contributed by atoms with Gasteiger partial charge in [0.25, 0.3) is 0 Å². The Kier molecular flexibility index (Phi) is 4.55. The van der Waals surface area contributed by atoms with Crippen LogP contribution in [0.2, 0.25) is 0 Å². The Morgan fingerprint density at radius 2 is 2.06 bits per heavy atom. The van der Waals surface area contributed by atoms with Crippen LogP contribution in [0.15, 0.2) is 0 Å². The molecule has 0 fully saturated rings. The van der Waals surface area contributed by atoms with Crippen LogP contribution in [0.5, 0.6) is 0 Å². The minimum absolute atomic E-state index is 0.00119. The van der Waals surface area contributed by atoms with Gasteiger partial charge in [-0.25, -0.2) is 4.79 Å². The van der Waals surface area contributed by atoms with Crippen LogP contribution in [-0.4, -0.2) is 23.5 Å². The number of aryl methyl sites for hydroxylation is 1. The predicted molar refractivity (Wildman–Crippen MR) is 66.9 cm³/mol. The van der Waals surface area contributed by atoms with Crippen LogP contribution >= 0.6 is 0 Å². The number of H-pyrrole nitrogens is 1. The van der Waals surface area contributed by atoms with Crippen molar-refractivity contribution in [3.05, 3.63) is 22.5 Å². The van der Waals surface area contributed by atoms with Gasteiger partial charge in [0, 0.05) is 11.3 Å². The fourth-order valence-electron chi connectivity index (χ4n) is 1.56. The van der Waals surface area contributed by atoms with Crippen LogP contribution in [0, 0.1) is 25.7 Å². The summed E-state index contributed by atoms with van der Waals surface area (Å²) in [6.45, 7) is 5.66. The molecule has 1 aromatic rings. The molecule has 0 unspecified atom stereocenters. The summed E-state index contributed by atoms with van der Waals surface area (Å²) in [7, 11) is 0. The quantitative estimate of drug-likeness (QED) is 0.619. The normalized spacial score (nSPS) is 9.50. The molecule has 0 saturated heterocycles. The molecule has 0 spiro atoms. The van der Waals surface area contributed by atoms with Gasteiger partial charge < -0.3 is 15.5 Å². The number of esters is 1. The number of aromatic nitrogens is 1. The van der Waals surface area contributed by atoms with E-state index in [1.165, 1.54) is 0 Å². The van der Waals surface area contributed by atoms with Crippen LogP contribution in [0.3, 0.4) is 0 Å². The number of rotatable bonds is 3. The topological polar surface area (TPSA) is 85.2 Å². The molecular weight excluding hydrogens is 232 g/mol. The lowest BCUT2D eigenvalue weighted by Gasteiger charge is -1.99. The summed E-state index contributed by atoms with van der Waals surface area (Å²) < 4.78 is 4.93. The van der Waals surface area contributed by atoms with Gasteiger partial charge in [0.2, 0.25) is 5.91 Å². The second-order valence-corrected chi connectivity index (χ2v) is 3.79. The van der Waals surface area contributed by atoms with Gasteiger partial charge in [-0.05, 0) is 26.3 Å². The first kappa shape index (κ1) is 13.8. The maximum Gasteiger partial charge on any atom is 0.355 e. The Labute approximate surface area is 106 Å². The van der Waals surface area contributed by atoms with E-state index < -0.39 is 11.9 Å². The molecule has 1 aromatic heterocycles. The third-order valence-electron chi connectivity index (χ3n) is 2.39. The summed E-state index contributed by atoms with van der Waals surface area (Å²) >= 11 is 0. The first-order valence-corrected chi connectivity index (χ1v) is 5.60. The monoisotopic (exact) mass is 248 g/mol. The van der Waals surface area contributed by atoms with Gasteiger partial charge in [-0.2, -0.15) is 0 Å². The highest BCUT2D eigenvalue weighted by Crippen LogP contribution is 2.17. The lowest BCUT2D eigenvalue weighted by molar-refractivity contribution is -0.117. The van der Waals surface area contributed by atoms with Gasteiger partial charge in [-0.15, -0.1) is 0 Å². The molecule has 0 atom stereocenters. The van der Waals surface area contributed by atoms with Gasteiger partial charge in [-0.3, -0.25) is 4.79 Å². The van der Waals surface area contributed by atoms with Crippen molar-refractivity contribution in [2.24, 2.45) is 5.73 Å². The van der Waals surface area contributed by atoms with Crippen LogP contribution in [0.4, 0.5) is 0 Å². The van der Waals surface area contributed by atoms with Crippen molar-refractivity contribution in [2.75, 3.05) is 6.61 Å². The predicted octanol–water partition coefficient (Wildman–Crippen LogP) is 1.04. The molecule has 96 valence electrons. The average molecular weight is 248 g/mol. The molecule has 0 aliphatic rings. The number of carbonyl (C=O) groups is 2. The van der Waals surface area contributed by atoms with Crippen molar-refractivity contribution in [1.82, 2.24) is 4.98 Å². The largest absolute Gasteiger partial charge is 0.461 e. The molecule has 0 saturated carbocycles. The van der Waals surface area contributed by atoms with Gasteiger partial charge in [0.15, 0.2) is 0 Å². The van der Waals surface area contributed by atoms with Crippen LogP contribution < -0.4 is 5.73 Å². The van der Waals surface area contributed by atoms with E-state index in [1.807, 2.05) is 6.92 Å². The summed E-state index contributed by atoms with van der Waals surface area (Å²) in [5.41, 5.74) is 7.61. The van der Waals surface area contributed by atoms with Crippen molar-refractivity contribution >= 4 is 11.9 Å². The van der Waals surface area contributed by atoms with Crippen LogP contribution in [0.25, 0.3) is 0 Å². The standard InChI is InChI=1S/C13H16N2O3/c1-4-18-13(17)12-8(2)10(9(3)15-12)6-5-7-11(14)16/h15H,4,7H2,1-3H3,(H2,14,16). The molecule has 0 bridgehead atoms. The van der Waals surface area contributed by atoms with Gasteiger partial charge in [0.05, 0.1) is 13.0 Å². The second-order valence-electron chi connectivity index (χ2n) is 3.79. The minimum atomic E-state index is -0.473. The highest BCUT2D eigenvalue weighted by molar-refractivity contribution is 5.90. The number of nitrogens with two attached hydrogens (primary N) is 1. The molecule has 5 nitrogen and oxygen atoms in total.